The minimum Gasteiger partial charge on any atom is -0.460 e. The molecule has 0 aromatic heterocycles. The molecule has 0 heterocycles. The molecule has 2 atom stereocenters. The molecule has 0 saturated heterocycles. The quantitative estimate of drug-likeness (QED) is 0.821. The molecule has 0 bridgehead atoms. The number of esters is 1. The van der Waals surface area contributed by atoms with E-state index < -0.39 is 17.6 Å². The third-order valence-corrected chi connectivity index (χ3v) is 2.39. The summed E-state index contributed by atoms with van der Waals surface area (Å²) >= 11 is 0. The van der Waals surface area contributed by atoms with E-state index in [4.69, 9.17) is 4.74 Å². The average Bonchev–Trinajstić information content (AvgIpc) is 2.26. The van der Waals surface area contributed by atoms with Crippen molar-refractivity contribution >= 4 is 5.97 Å². The highest BCUT2D eigenvalue weighted by molar-refractivity contribution is 5.73. The fraction of sp³-hybridized carbons (Fsp3) is 0.500. The van der Waals surface area contributed by atoms with Gasteiger partial charge in [0.05, 0.1) is 12.0 Å². The van der Waals surface area contributed by atoms with Crippen molar-refractivity contribution < 1.29 is 14.6 Å². The molecule has 1 aromatic rings. The van der Waals surface area contributed by atoms with Gasteiger partial charge in [-0.15, -0.1) is 0 Å². The summed E-state index contributed by atoms with van der Waals surface area (Å²) in [5.41, 5.74) is 0.202. The molecule has 17 heavy (non-hydrogen) atoms. The van der Waals surface area contributed by atoms with Crippen LogP contribution < -0.4 is 0 Å². The fourth-order valence-corrected chi connectivity index (χ4v) is 1.46. The topological polar surface area (TPSA) is 46.5 Å². The molecular weight excluding hydrogens is 216 g/mol. The normalized spacial score (nSPS) is 15.1. The highest BCUT2D eigenvalue weighted by Crippen LogP contribution is 2.24. The number of aliphatic hydroxyl groups excluding tert-OH is 1. The second-order valence-electron chi connectivity index (χ2n) is 5.18. The minimum absolute atomic E-state index is 0.381. The molecule has 1 rings (SSSR count). The Morgan fingerprint density at radius 3 is 2.24 bits per heavy atom. The van der Waals surface area contributed by atoms with E-state index in [1.807, 2.05) is 39.0 Å². The van der Waals surface area contributed by atoms with Gasteiger partial charge in [-0.1, -0.05) is 30.3 Å². The van der Waals surface area contributed by atoms with Crippen molar-refractivity contribution in [2.45, 2.75) is 39.4 Å². The van der Waals surface area contributed by atoms with E-state index in [-0.39, 0.29) is 5.97 Å². The molecule has 0 aliphatic heterocycles. The van der Waals surface area contributed by atoms with E-state index in [2.05, 4.69) is 0 Å². The van der Waals surface area contributed by atoms with Crippen LogP contribution in [0.3, 0.4) is 0 Å². The molecule has 0 spiro atoms. The molecule has 94 valence electrons. The minimum atomic E-state index is -0.828. The number of carbonyl (C=O) groups excluding carboxylic acids is 1. The second kappa shape index (κ2) is 5.32. The monoisotopic (exact) mass is 236 g/mol. The molecule has 1 aromatic carbocycles. The van der Waals surface area contributed by atoms with Crippen LogP contribution in [0.4, 0.5) is 0 Å². The number of hydrogen-bond donors (Lipinski definition) is 1. The standard InChI is InChI=1S/C14H20O3/c1-10(13(16)17-14(2,3)4)12(15)11-8-6-5-7-9-11/h5-10,12,15H,1-4H3. The average molecular weight is 236 g/mol. The molecule has 0 radical (unpaired) electrons. The van der Waals surface area contributed by atoms with Crippen LogP contribution in [0.5, 0.6) is 0 Å². The van der Waals surface area contributed by atoms with E-state index in [0.717, 1.165) is 5.56 Å². The summed E-state index contributed by atoms with van der Waals surface area (Å²) in [5, 5.41) is 10.1. The summed E-state index contributed by atoms with van der Waals surface area (Å²) < 4.78 is 5.24. The Bertz CT molecular complexity index is 365. The largest absolute Gasteiger partial charge is 0.460 e. The number of carbonyl (C=O) groups is 1. The lowest BCUT2D eigenvalue weighted by Crippen LogP contribution is -2.30. The number of ether oxygens (including phenoxy) is 1. The number of aliphatic hydroxyl groups is 1. The van der Waals surface area contributed by atoms with Crippen LogP contribution >= 0.6 is 0 Å². The first-order valence-electron chi connectivity index (χ1n) is 5.77. The van der Waals surface area contributed by atoms with Crippen LogP contribution in [-0.4, -0.2) is 16.7 Å². The molecule has 0 fully saturated rings. The lowest BCUT2D eigenvalue weighted by Gasteiger charge is -2.24. The zero-order valence-corrected chi connectivity index (χ0v) is 10.8. The van der Waals surface area contributed by atoms with Gasteiger partial charge in [-0.05, 0) is 33.3 Å². The lowest BCUT2D eigenvalue weighted by atomic mass is 9.97. The van der Waals surface area contributed by atoms with Gasteiger partial charge in [0.2, 0.25) is 0 Å². The zero-order valence-electron chi connectivity index (χ0n) is 10.8. The summed E-state index contributed by atoms with van der Waals surface area (Å²) in [4.78, 5) is 11.8. The maximum Gasteiger partial charge on any atom is 0.312 e. The summed E-state index contributed by atoms with van der Waals surface area (Å²) in [6.07, 6.45) is -0.828. The summed E-state index contributed by atoms with van der Waals surface area (Å²) in [6, 6.07) is 9.13. The predicted octanol–water partition coefficient (Wildman–Crippen LogP) is 2.70. The van der Waals surface area contributed by atoms with Crippen molar-refractivity contribution in [3.63, 3.8) is 0 Å². The van der Waals surface area contributed by atoms with Crippen LogP contribution in [0.25, 0.3) is 0 Å². The van der Waals surface area contributed by atoms with Crippen LogP contribution in [0.1, 0.15) is 39.4 Å². The lowest BCUT2D eigenvalue weighted by molar-refractivity contribution is -0.163. The smallest absolute Gasteiger partial charge is 0.312 e. The molecule has 0 aliphatic carbocycles. The van der Waals surface area contributed by atoms with Crippen molar-refractivity contribution in [1.82, 2.24) is 0 Å². The van der Waals surface area contributed by atoms with Gasteiger partial charge < -0.3 is 9.84 Å². The Kier molecular flexibility index (Phi) is 4.29. The molecule has 0 saturated carbocycles. The van der Waals surface area contributed by atoms with Gasteiger partial charge in [0.1, 0.15) is 5.60 Å². The first-order valence-corrected chi connectivity index (χ1v) is 5.77. The second-order valence-corrected chi connectivity index (χ2v) is 5.18. The number of rotatable bonds is 3. The summed E-state index contributed by atoms with van der Waals surface area (Å²) in [5.74, 6) is -0.953. The third kappa shape index (κ3) is 4.19. The first-order chi connectivity index (χ1) is 7.81. The Hall–Kier alpha value is -1.35. The Balaban J connectivity index is 2.70. The van der Waals surface area contributed by atoms with Gasteiger partial charge in [-0.25, -0.2) is 0 Å². The summed E-state index contributed by atoms with van der Waals surface area (Å²) in [6.45, 7) is 7.11. The molecule has 3 heteroatoms. The third-order valence-electron chi connectivity index (χ3n) is 2.39. The zero-order chi connectivity index (χ0) is 13.1. The Morgan fingerprint density at radius 1 is 1.24 bits per heavy atom. The number of benzene rings is 1. The Labute approximate surface area is 102 Å². The van der Waals surface area contributed by atoms with Gasteiger partial charge in [0.15, 0.2) is 0 Å². The first kappa shape index (κ1) is 13.7. The molecule has 3 nitrogen and oxygen atoms in total. The van der Waals surface area contributed by atoms with E-state index in [0.29, 0.717) is 0 Å². The molecular formula is C14H20O3. The Morgan fingerprint density at radius 2 is 1.76 bits per heavy atom. The predicted molar refractivity (Wildman–Crippen MR) is 66.4 cm³/mol. The van der Waals surface area contributed by atoms with Gasteiger partial charge in [0, 0.05) is 0 Å². The van der Waals surface area contributed by atoms with E-state index in [1.54, 1.807) is 19.1 Å². The van der Waals surface area contributed by atoms with Gasteiger partial charge >= 0.3 is 5.97 Å². The van der Waals surface area contributed by atoms with Crippen LogP contribution in [0.2, 0.25) is 0 Å². The van der Waals surface area contributed by atoms with Gasteiger partial charge in [-0.3, -0.25) is 4.79 Å². The van der Waals surface area contributed by atoms with Crippen molar-refractivity contribution in [2.75, 3.05) is 0 Å². The molecule has 0 aliphatic rings. The van der Waals surface area contributed by atoms with Crippen LogP contribution in [-0.2, 0) is 9.53 Å². The highest BCUT2D eigenvalue weighted by Gasteiger charge is 2.28. The SMILES string of the molecule is CC(C(=O)OC(C)(C)C)C(O)c1ccccc1. The molecule has 0 amide bonds. The molecule has 1 N–H and O–H groups in total. The van der Waals surface area contributed by atoms with E-state index >= 15 is 0 Å². The van der Waals surface area contributed by atoms with Crippen molar-refractivity contribution in [1.29, 1.82) is 0 Å². The van der Waals surface area contributed by atoms with Crippen molar-refractivity contribution in [2.24, 2.45) is 5.92 Å². The fourth-order valence-electron chi connectivity index (χ4n) is 1.46. The van der Waals surface area contributed by atoms with Crippen molar-refractivity contribution in [3.05, 3.63) is 35.9 Å². The summed E-state index contributed by atoms with van der Waals surface area (Å²) in [7, 11) is 0. The van der Waals surface area contributed by atoms with Crippen molar-refractivity contribution in [3.8, 4) is 0 Å². The van der Waals surface area contributed by atoms with Crippen LogP contribution in [0.15, 0.2) is 30.3 Å². The van der Waals surface area contributed by atoms with E-state index in [1.165, 1.54) is 0 Å². The van der Waals surface area contributed by atoms with Gasteiger partial charge in [-0.2, -0.15) is 0 Å². The highest BCUT2D eigenvalue weighted by atomic mass is 16.6. The maximum atomic E-state index is 11.8. The molecule has 2 unspecified atom stereocenters. The van der Waals surface area contributed by atoms with Crippen LogP contribution in [0, 0.1) is 5.92 Å². The van der Waals surface area contributed by atoms with Gasteiger partial charge in [0.25, 0.3) is 0 Å². The number of hydrogen-bond acceptors (Lipinski definition) is 3. The maximum absolute atomic E-state index is 11.8. The van der Waals surface area contributed by atoms with E-state index in [9.17, 15) is 9.90 Å².